The monoisotopic (exact) mass is 325 g/mol. The van der Waals surface area contributed by atoms with Crippen molar-refractivity contribution in [1.82, 2.24) is 0 Å². The second-order valence-corrected chi connectivity index (χ2v) is 6.00. The summed E-state index contributed by atoms with van der Waals surface area (Å²) in [5.74, 6) is 0.571. The van der Waals surface area contributed by atoms with Crippen LogP contribution in [0.2, 0.25) is 0 Å². The van der Waals surface area contributed by atoms with E-state index in [-0.39, 0.29) is 5.97 Å². The topological polar surface area (TPSA) is 56.8 Å². The zero-order valence-electron chi connectivity index (χ0n) is 13.7. The van der Waals surface area contributed by atoms with E-state index in [0.717, 1.165) is 29.8 Å². The highest BCUT2D eigenvalue weighted by molar-refractivity contribution is 5.94. The van der Waals surface area contributed by atoms with E-state index in [2.05, 4.69) is 5.32 Å². The Morgan fingerprint density at radius 2 is 1.79 bits per heavy atom. The van der Waals surface area contributed by atoms with Gasteiger partial charge in [0.2, 0.25) is 6.23 Å². The molecule has 2 heterocycles. The molecule has 0 fully saturated rings. The van der Waals surface area contributed by atoms with Crippen LogP contribution in [0.15, 0.2) is 42.5 Å². The zero-order valence-corrected chi connectivity index (χ0v) is 13.7. The second-order valence-electron chi connectivity index (χ2n) is 6.00. The van der Waals surface area contributed by atoms with Gasteiger partial charge in [-0.2, -0.15) is 0 Å². The number of esters is 1. The van der Waals surface area contributed by atoms with Crippen molar-refractivity contribution in [2.45, 2.75) is 38.7 Å². The Bertz CT molecular complexity index is 798. The van der Waals surface area contributed by atoms with Crippen LogP contribution in [0.1, 0.15) is 48.8 Å². The van der Waals surface area contributed by atoms with E-state index in [1.807, 2.05) is 50.2 Å². The third kappa shape index (κ3) is 2.28. The number of carbonyl (C=O) groups excluding carboxylic acids is 1. The first-order valence-electron chi connectivity index (χ1n) is 8.22. The predicted octanol–water partition coefficient (Wildman–Crippen LogP) is 4.26. The van der Waals surface area contributed by atoms with Gasteiger partial charge in [0.15, 0.2) is 11.5 Å². The molecule has 0 spiro atoms. The van der Waals surface area contributed by atoms with Gasteiger partial charge in [0.25, 0.3) is 5.79 Å². The summed E-state index contributed by atoms with van der Waals surface area (Å²) in [7, 11) is 0. The molecule has 24 heavy (non-hydrogen) atoms. The number of nitrogens with one attached hydrogen (secondary N) is 1. The maximum atomic E-state index is 11.9. The van der Waals surface area contributed by atoms with Gasteiger partial charge in [0, 0.05) is 30.2 Å². The number of cyclic esters (lactones) is 1. The Hall–Kier alpha value is -2.69. The van der Waals surface area contributed by atoms with E-state index in [0.29, 0.717) is 11.3 Å². The lowest BCUT2D eigenvalue weighted by Crippen LogP contribution is -2.36. The fourth-order valence-corrected chi connectivity index (χ4v) is 3.13. The van der Waals surface area contributed by atoms with Crippen molar-refractivity contribution in [2.75, 3.05) is 5.32 Å². The summed E-state index contributed by atoms with van der Waals surface area (Å²) >= 11 is 0. The second kappa shape index (κ2) is 5.44. The average molecular weight is 325 g/mol. The van der Waals surface area contributed by atoms with Crippen LogP contribution in [0.5, 0.6) is 11.5 Å². The molecule has 2 aromatic carbocycles. The van der Waals surface area contributed by atoms with Gasteiger partial charge in [-0.25, -0.2) is 4.79 Å². The minimum Gasteiger partial charge on any atom is -0.448 e. The van der Waals surface area contributed by atoms with Crippen molar-refractivity contribution >= 4 is 11.7 Å². The van der Waals surface area contributed by atoms with Crippen molar-refractivity contribution in [3.63, 3.8) is 0 Å². The highest BCUT2D eigenvalue weighted by atomic mass is 16.7. The highest BCUT2D eigenvalue weighted by Gasteiger charge is 2.38. The Morgan fingerprint density at radius 1 is 1.04 bits per heavy atom. The molecular weight excluding hydrogens is 306 g/mol. The van der Waals surface area contributed by atoms with E-state index in [4.69, 9.17) is 14.2 Å². The fourth-order valence-electron chi connectivity index (χ4n) is 3.13. The lowest BCUT2D eigenvalue weighted by molar-refractivity contribution is -0.0843. The van der Waals surface area contributed by atoms with E-state index >= 15 is 0 Å². The molecule has 0 aliphatic carbocycles. The molecule has 0 aromatic heterocycles. The number of rotatable bonds is 4. The van der Waals surface area contributed by atoms with Gasteiger partial charge < -0.3 is 19.5 Å². The highest BCUT2D eigenvalue weighted by Crippen LogP contribution is 2.44. The number of hydrogen-bond donors (Lipinski definition) is 1. The van der Waals surface area contributed by atoms with Crippen LogP contribution < -0.4 is 14.8 Å². The number of hydrogen-bond acceptors (Lipinski definition) is 5. The summed E-state index contributed by atoms with van der Waals surface area (Å²) in [6.45, 7) is 4.09. The third-order valence-corrected chi connectivity index (χ3v) is 4.60. The van der Waals surface area contributed by atoms with Gasteiger partial charge in [-0.3, -0.25) is 0 Å². The smallest absolute Gasteiger partial charge is 0.340 e. The normalized spacial score (nSPS) is 19.8. The van der Waals surface area contributed by atoms with Crippen LogP contribution >= 0.6 is 0 Å². The molecule has 0 saturated carbocycles. The maximum absolute atomic E-state index is 11.9. The number of anilines is 1. The molecule has 2 aliphatic heterocycles. The molecule has 124 valence electrons. The molecule has 1 unspecified atom stereocenters. The Labute approximate surface area is 140 Å². The first-order valence-corrected chi connectivity index (χ1v) is 8.22. The first kappa shape index (κ1) is 14.9. The number of fused-ring (bicyclic) bond motifs is 2. The van der Waals surface area contributed by atoms with Crippen LogP contribution in [0.3, 0.4) is 0 Å². The van der Waals surface area contributed by atoms with Crippen LogP contribution in [-0.4, -0.2) is 11.8 Å². The molecule has 0 bridgehead atoms. The first-order chi connectivity index (χ1) is 11.6. The predicted molar refractivity (Wildman–Crippen MR) is 89.2 cm³/mol. The van der Waals surface area contributed by atoms with Crippen molar-refractivity contribution in [1.29, 1.82) is 0 Å². The summed E-state index contributed by atoms with van der Waals surface area (Å²) in [6.07, 6.45) is 1.06. The van der Waals surface area contributed by atoms with E-state index in [1.54, 1.807) is 6.07 Å². The van der Waals surface area contributed by atoms with Gasteiger partial charge in [-0.15, -0.1) is 0 Å². The lowest BCUT2D eigenvalue weighted by Gasteiger charge is -2.24. The Morgan fingerprint density at radius 3 is 2.58 bits per heavy atom. The minimum absolute atomic E-state index is 0.306. The molecule has 0 amide bonds. The average Bonchev–Trinajstić information content (AvgIpc) is 3.14. The van der Waals surface area contributed by atoms with E-state index in [1.165, 1.54) is 0 Å². The van der Waals surface area contributed by atoms with Gasteiger partial charge in [-0.05, 0) is 18.2 Å². The summed E-state index contributed by atoms with van der Waals surface area (Å²) in [5.41, 5.74) is 2.26. The fraction of sp³-hybridized carbons (Fsp3) is 0.316. The SMILES string of the molecule is CCC1(CC)Oc2ccc(NC3OC(=O)c4ccccc43)cc2O1. The molecule has 2 aromatic rings. The van der Waals surface area contributed by atoms with Gasteiger partial charge in [0.1, 0.15) is 0 Å². The van der Waals surface area contributed by atoms with Gasteiger partial charge >= 0.3 is 5.97 Å². The molecule has 5 heteroatoms. The third-order valence-electron chi connectivity index (χ3n) is 4.60. The Kier molecular flexibility index (Phi) is 3.37. The lowest BCUT2D eigenvalue weighted by atomic mass is 10.1. The van der Waals surface area contributed by atoms with Crippen LogP contribution in [0, 0.1) is 0 Å². The molecular formula is C19H19NO4. The van der Waals surface area contributed by atoms with Gasteiger partial charge in [-0.1, -0.05) is 32.0 Å². The van der Waals surface area contributed by atoms with Gasteiger partial charge in [0.05, 0.1) is 5.56 Å². The molecule has 0 radical (unpaired) electrons. The summed E-state index contributed by atoms with van der Waals surface area (Å²) in [6, 6.07) is 13.1. The van der Waals surface area contributed by atoms with Crippen molar-refractivity contribution in [3.8, 4) is 11.5 Å². The minimum atomic E-state index is -0.576. The standard InChI is InChI=1S/C19H19NO4/c1-3-19(4-2)23-15-10-9-12(11-16(15)24-19)20-17-13-7-5-6-8-14(13)18(21)22-17/h5-11,17,20H,3-4H2,1-2H3. The van der Waals surface area contributed by atoms with E-state index < -0.39 is 12.0 Å². The van der Waals surface area contributed by atoms with Crippen LogP contribution in [0.25, 0.3) is 0 Å². The zero-order chi connectivity index (χ0) is 16.7. The number of benzene rings is 2. The van der Waals surface area contributed by atoms with Crippen LogP contribution in [0.4, 0.5) is 5.69 Å². The molecule has 0 saturated heterocycles. The van der Waals surface area contributed by atoms with Crippen molar-refractivity contribution in [2.24, 2.45) is 0 Å². The number of carbonyl (C=O) groups is 1. The molecule has 1 N–H and O–H groups in total. The molecule has 2 aliphatic rings. The maximum Gasteiger partial charge on any atom is 0.340 e. The van der Waals surface area contributed by atoms with Crippen molar-refractivity contribution < 1.29 is 19.0 Å². The summed E-state index contributed by atoms with van der Waals surface area (Å²) in [5, 5.41) is 3.24. The summed E-state index contributed by atoms with van der Waals surface area (Å²) < 4.78 is 17.4. The van der Waals surface area contributed by atoms with Crippen LogP contribution in [-0.2, 0) is 4.74 Å². The van der Waals surface area contributed by atoms with E-state index in [9.17, 15) is 4.79 Å². The Balaban J connectivity index is 1.57. The quantitative estimate of drug-likeness (QED) is 0.851. The number of ether oxygens (including phenoxy) is 3. The largest absolute Gasteiger partial charge is 0.448 e. The molecule has 5 nitrogen and oxygen atoms in total. The van der Waals surface area contributed by atoms with Crippen molar-refractivity contribution in [3.05, 3.63) is 53.6 Å². The summed E-state index contributed by atoms with van der Waals surface area (Å²) in [4.78, 5) is 11.9. The molecule has 1 atom stereocenters. The molecule has 4 rings (SSSR count).